The van der Waals surface area contributed by atoms with Gasteiger partial charge in [-0.25, -0.2) is 4.98 Å². The number of rotatable bonds is 8. The van der Waals surface area contributed by atoms with Crippen LogP contribution in [0.5, 0.6) is 0 Å². The van der Waals surface area contributed by atoms with E-state index in [-0.39, 0.29) is 17.6 Å². The van der Waals surface area contributed by atoms with Gasteiger partial charge in [-0.2, -0.15) is 0 Å². The first-order valence-electron chi connectivity index (χ1n) is 8.56. The predicted octanol–water partition coefficient (Wildman–Crippen LogP) is 4.44. The zero-order chi connectivity index (χ0) is 19.2. The molecule has 27 heavy (non-hydrogen) atoms. The molecular formula is C19H21N5OS2. The molecule has 6 nitrogen and oxygen atoms in total. The van der Waals surface area contributed by atoms with Crippen molar-refractivity contribution >= 4 is 34.1 Å². The SMILES string of the molecule is C=CCn1c(SCC(=O)Nc2nc(-c3ccccc3)cs2)nnc1C(C)C. The first-order valence-corrected chi connectivity index (χ1v) is 10.4. The number of allylic oxidation sites excluding steroid dienone is 1. The van der Waals surface area contributed by atoms with Gasteiger partial charge in [-0.15, -0.1) is 28.1 Å². The highest BCUT2D eigenvalue weighted by Crippen LogP contribution is 2.25. The molecule has 0 saturated heterocycles. The number of amides is 1. The van der Waals surface area contributed by atoms with Gasteiger partial charge in [0.05, 0.1) is 11.4 Å². The Kier molecular flexibility index (Phi) is 6.41. The van der Waals surface area contributed by atoms with Crippen molar-refractivity contribution in [2.75, 3.05) is 11.1 Å². The smallest absolute Gasteiger partial charge is 0.236 e. The van der Waals surface area contributed by atoms with Crippen LogP contribution in [0.25, 0.3) is 11.3 Å². The Morgan fingerprint density at radius 3 is 2.81 bits per heavy atom. The van der Waals surface area contributed by atoms with Crippen molar-refractivity contribution < 1.29 is 4.79 Å². The molecular weight excluding hydrogens is 378 g/mol. The Bertz CT molecular complexity index is 917. The van der Waals surface area contributed by atoms with Crippen LogP contribution < -0.4 is 5.32 Å². The summed E-state index contributed by atoms with van der Waals surface area (Å²) in [7, 11) is 0. The lowest BCUT2D eigenvalue weighted by Gasteiger charge is -2.09. The quantitative estimate of drug-likeness (QED) is 0.448. The molecule has 0 saturated carbocycles. The van der Waals surface area contributed by atoms with Crippen LogP contribution in [-0.2, 0) is 11.3 Å². The third-order valence-electron chi connectivity index (χ3n) is 3.73. The van der Waals surface area contributed by atoms with Crippen molar-refractivity contribution in [3.8, 4) is 11.3 Å². The largest absolute Gasteiger partial charge is 0.302 e. The lowest BCUT2D eigenvalue weighted by Crippen LogP contribution is -2.14. The fourth-order valence-electron chi connectivity index (χ4n) is 2.49. The molecule has 2 aromatic heterocycles. The van der Waals surface area contributed by atoms with E-state index in [1.165, 1.54) is 23.1 Å². The van der Waals surface area contributed by atoms with E-state index in [1.807, 2.05) is 40.3 Å². The van der Waals surface area contributed by atoms with Crippen molar-refractivity contribution in [2.24, 2.45) is 0 Å². The highest BCUT2D eigenvalue weighted by atomic mass is 32.2. The van der Waals surface area contributed by atoms with Gasteiger partial charge in [-0.05, 0) is 0 Å². The van der Waals surface area contributed by atoms with Crippen molar-refractivity contribution in [1.82, 2.24) is 19.7 Å². The second-order valence-corrected chi connectivity index (χ2v) is 7.94. The predicted molar refractivity (Wildman–Crippen MR) is 111 cm³/mol. The maximum absolute atomic E-state index is 12.3. The first kappa shape index (κ1) is 19.3. The zero-order valence-electron chi connectivity index (χ0n) is 15.3. The first-order chi connectivity index (χ1) is 13.1. The van der Waals surface area contributed by atoms with E-state index in [0.29, 0.717) is 11.7 Å². The normalized spacial score (nSPS) is 10.9. The second-order valence-electron chi connectivity index (χ2n) is 6.14. The lowest BCUT2D eigenvalue weighted by molar-refractivity contribution is -0.113. The molecule has 3 rings (SSSR count). The Morgan fingerprint density at radius 2 is 2.11 bits per heavy atom. The van der Waals surface area contributed by atoms with Crippen LogP contribution in [0.4, 0.5) is 5.13 Å². The zero-order valence-corrected chi connectivity index (χ0v) is 16.9. The van der Waals surface area contributed by atoms with Gasteiger partial charge in [0.1, 0.15) is 5.82 Å². The molecule has 8 heteroatoms. The van der Waals surface area contributed by atoms with Crippen LogP contribution in [0, 0.1) is 0 Å². The summed E-state index contributed by atoms with van der Waals surface area (Å²) in [6.45, 7) is 8.54. The van der Waals surface area contributed by atoms with Gasteiger partial charge >= 0.3 is 0 Å². The highest BCUT2D eigenvalue weighted by Gasteiger charge is 2.16. The summed E-state index contributed by atoms with van der Waals surface area (Å²) in [5.74, 6) is 1.28. The number of nitrogens with zero attached hydrogens (tertiary/aromatic N) is 4. The summed E-state index contributed by atoms with van der Waals surface area (Å²) < 4.78 is 1.99. The lowest BCUT2D eigenvalue weighted by atomic mass is 10.2. The summed E-state index contributed by atoms with van der Waals surface area (Å²) in [6, 6.07) is 9.89. The number of nitrogens with one attached hydrogen (secondary N) is 1. The fraction of sp³-hybridized carbons (Fsp3) is 0.263. The van der Waals surface area contributed by atoms with Gasteiger partial charge in [0.15, 0.2) is 10.3 Å². The van der Waals surface area contributed by atoms with Crippen LogP contribution in [0.1, 0.15) is 25.6 Å². The van der Waals surface area contributed by atoms with Gasteiger partial charge in [0.2, 0.25) is 5.91 Å². The Balaban J connectivity index is 1.61. The Labute approximate surface area is 166 Å². The van der Waals surface area contributed by atoms with Crippen molar-refractivity contribution in [3.05, 3.63) is 54.2 Å². The standard InChI is InChI=1S/C19H21N5OS2/c1-4-10-24-17(13(2)3)22-23-19(24)27-12-16(25)21-18-20-15(11-26-18)14-8-6-5-7-9-14/h4-9,11,13H,1,10,12H2,2-3H3,(H,20,21,25). The summed E-state index contributed by atoms with van der Waals surface area (Å²) in [5, 5.41) is 14.6. The Hall–Kier alpha value is -2.45. The number of hydrogen-bond acceptors (Lipinski definition) is 6. The molecule has 0 fully saturated rings. The molecule has 0 aliphatic carbocycles. The van der Waals surface area contributed by atoms with Crippen LogP contribution in [0.3, 0.4) is 0 Å². The summed E-state index contributed by atoms with van der Waals surface area (Å²) in [5.41, 5.74) is 1.89. The minimum absolute atomic E-state index is 0.117. The third-order valence-corrected chi connectivity index (χ3v) is 5.45. The molecule has 0 aliphatic heterocycles. The van der Waals surface area contributed by atoms with E-state index in [4.69, 9.17) is 0 Å². The molecule has 2 heterocycles. The maximum Gasteiger partial charge on any atom is 0.236 e. The number of carbonyl (C=O) groups excluding carboxylic acids is 1. The van der Waals surface area contributed by atoms with E-state index in [1.54, 1.807) is 6.08 Å². The van der Waals surface area contributed by atoms with E-state index >= 15 is 0 Å². The van der Waals surface area contributed by atoms with Crippen LogP contribution in [-0.4, -0.2) is 31.4 Å². The molecule has 0 unspecified atom stereocenters. The second kappa shape index (κ2) is 8.96. The monoisotopic (exact) mass is 399 g/mol. The van der Waals surface area contributed by atoms with E-state index in [9.17, 15) is 4.79 Å². The minimum atomic E-state index is -0.117. The van der Waals surface area contributed by atoms with Gasteiger partial charge in [-0.3, -0.25) is 4.79 Å². The van der Waals surface area contributed by atoms with Crippen LogP contribution >= 0.6 is 23.1 Å². The molecule has 1 aromatic carbocycles. The van der Waals surface area contributed by atoms with Crippen LogP contribution in [0.15, 0.2) is 53.5 Å². The molecule has 1 amide bonds. The number of thiazole rings is 1. The number of hydrogen-bond donors (Lipinski definition) is 1. The van der Waals surface area contributed by atoms with Gasteiger partial charge in [0.25, 0.3) is 0 Å². The molecule has 0 spiro atoms. The molecule has 140 valence electrons. The average molecular weight is 400 g/mol. The molecule has 0 atom stereocenters. The van der Waals surface area contributed by atoms with Crippen molar-refractivity contribution in [3.63, 3.8) is 0 Å². The topological polar surface area (TPSA) is 72.7 Å². The summed E-state index contributed by atoms with van der Waals surface area (Å²) in [4.78, 5) is 16.8. The summed E-state index contributed by atoms with van der Waals surface area (Å²) >= 11 is 2.78. The maximum atomic E-state index is 12.3. The van der Waals surface area contributed by atoms with E-state index < -0.39 is 0 Å². The fourth-order valence-corrected chi connectivity index (χ4v) is 3.98. The van der Waals surface area contributed by atoms with Crippen LogP contribution in [0.2, 0.25) is 0 Å². The summed E-state index contributed by atoms with van der Waals surface area (Å²) in [6.07, 6.45) is 1.81. The Morgan fingerprint density at radius 1 is 1.33 bits per heavy atom. The highest BCUT2D eigenvalue weighted by molar-refractivity contribution is 7.99. The van der Waals surface area contributed by atoms with Crippen molar-refractivity contribution in [1.29, 1.82) is 0 Å². The third kappa shape index (κ3) is 4.84. The average Bonchev–Trinajstić information content (AvgIpc) is 3.28. The van der Waals surface area contributed by atoms with Gasteiger partial charge < -0.3 is 9.88 Å². The van der Waals surface area contributed by atoms with E-state index in [2.05, 4.69) is 40.9 Å². The number of aromatic nitrogens is 4. The van der Waals surface area contributed by atoms with Crippen molar-refractivity contribution in [2.45, 2.75) is 31.5 Å². The number of carbonyl (C=O) groups is 1. The van der Waals surface area contributed by atoms with Gasteiger partial charge in [0, 0.05) is 23.4 Å². The molecule has 0 radical (unpaired) electrons. The minimum Gasteiger partial charge on any atom is -0.302 e. The number of thioether (sulfide) groups is 1. The molecule has 1 N–H and O–H groups in total. The van der Waals surface area contributed by atoms with Gasteiger partial charge in [-0.1, -0.05) is 62.0 Å². The number of anilines is 1. The van der Waals surface area contributed by atoms with E-state index in [0.717, 1.165) is 22.2 Å². The molecule has 0 bridgehead atoms. The molecule has 3 aromatic rings. The molecule has 0 aliphatic rings. The number of benzene rings is 1.